The molecule has 156 valence electrons. The first kappa shape index (κ1) is 18.7. The topological polar surface area (TPSA) is 13.1 Å². The number of hydrogen-bond acceptors (Lipinski definition) is 1. The zero-order valence-corrected chi connectivity index (χ0v) is 18.5. The zero-order valence-electron chi connectivity index (χ0n) is 17.8. The van der Waals surface area contributed by atoms with E-state index in [-0.39, 0.29) is 0 Å². The fourth-order valence-corrected chi connectivity index (χ4v) is 5.92. The lowest BCUT2D eigenvalue weighted by molar-refractivity contribution is 0.648. The van der Waals surface area contributed by atoms with Gasteiger partial charge in [-0.05, 0) is 46.0 Å². The van der Waals surface area contributed by atoms with Crippen LogP contribution in [0.4, 0.5) is 0 Å². The van der Waals surface area contributed by atoms with E-state index in [0.29, 0.717) is 5.02 Å². The van der Waals surface area contributed by atoms with E-state index in [9.17, 15) is 0 Å². The third-order valence-electron chi connectivity index (χ3n) is 7.02. The number of rotatable bonds is 2. The molecule has 33 heavy (non-hydrogen) atoms. The molecule has 5 aromatic carbocycles. The second-order valence-electron chi connectivity index (χ2n) is 8.63. The van der Waals surface area contributed by atoms with E-state index in [1.807, 2.05) is 18.2 Å². The summed E-state index contributed by atoms with van der Waals surface area (Å²) >= 11 is 6.36. The van der Waals surface area contributed by atoms with Crippen LogP contribution < -0.4 is 0 Å². The van der Waals surface area contributed by atoms with Gasteiger partial charge in [-0.1, -0.05) is 109 Å². The Bertz CT molecular complexity index is 1630. The third kappa shape index (κ3) is 2.43. The molecule has 0 fully saturated rings. The first-order chi connectivity index (χ1) is 16.3. The van der Waals surface area contributed by atoms with Crippen LogP contribution in [0.15, 0.2) is 120 Å². The van der Waals surface area contributed by atoms with Crippen molar-refractivity contribution in [3.8, 4) is 11.1 Å². The highest BCUT2D eigenvalue weighted by molar-refractivity contribution is 6.31. The van der Waals surface area contributed by atoms with Gasteiger partial charge in [0, 0.05) is 21.4 Å². The van der Waals surface area contributed by atoms with Crippen molar-refractivity contribution in [2.24, 2.45) is 0 Å². The molecule has 0 spiro atoms. The molecule has 0 saturated heterocycles. The van der Waals surface area contributed by atoms with Gasteiger partial charge in [0.25, 0.3) is 0 Å². The van der Waals surface area contributed by atoms with Crippen molar-refractivity contribution in [3.05, 3.63) is 143 Å². The molecule has 0 N–H and O–H groups in total. The van der Waals surface area contributed by atoms with Gasteiger partial charge in [-0.3, -0.25) is 0 Å². The van der Waals surface area contributed by atoms with Crippen LogP contribution in [0.25, 0.3) is 33.1 Å². The molecule has 1 aliphatic rings. The van der Waals surface area contributed by atoms with E-state index in [1.165, 1.54) is 27.8 Å². The lowest BCUT2D eigenvalue weighted by Gasteiger charge is -2.33. The maximum Gasteiger partial charge on any atom is 0.140 e. The van der Waals surface area contributed by atoms with Crippen molar-refractivity contribution < 1.29 is 4.42 Å². The molecule has 0 amide bonds. The van der Waals surface area contributed by atoms with Crippen molar-refractivity contribution in [1.29, 1.82) is 0 Å². The van der Waals surface area contributed by atoms with Gasteiger partial charge in [-0.25, -0.2) is 0 Å². The van der Waals surface area contributed by atoms with Crippen LogP contribution in [0.5, 0.6) is 0 Å². The molecule has 7 rings (SSSR count). The summed E-state index contributed by atoms with van der Waals surface area (Å²) in [5.74, 6) is 0. The number of furan rings is 1. The monoisotopic (exact) mass is 442 g/mol. The highest BCUT2D eigenvalue weighted by Crippen LogP contribution is 2.57. The minimum Gasteiger partial charge on any atom is -0.456 e. The van der Waals surface area contributed by atoms with Crippen molar-refractivity contribution >= 4 is 33.5 Å². The van der Waals surface area contributed by atoms with Gasteiger partial charge in [0.15, 0.2) is 0 Å². The average Bonchev–Trinajstić information content (AvgIpc) is 3.38. The molecule has 1 nitrogen and oxygen atoms in total. The Morgan fingerprint density at radius 1 is 0.545 bits per heavy atom. The highest BCUT2D eigenvalue weighted by Gasteiger charge is 2.47. The summed E-state index contributed by atoms with van der Waals surface area (Å²) in [6, 6.07) is 40.7. The molecule has 0 aliphatic heterocycles. The number of fused-ring (bicyclic) bond motifs is 6. The van der Waals surface area contributed by atoms with Crippen molar-refractivity contribution in [3.63, 3.8) is 0 Å². The van der Waals surface area contributed by atoms with Crippen LogP contribution in [0.1, 0.15) is 22.3 Å². The fraction of sp³-hybridized carbons (Fsp3) is 0.0323. The molecule has 0 bridgehead atoms. The molecule has 1 aliphatic carbocycles. The summed E-state index contributed by atoms with van der Waals surface area (Å²) in [6.45, 7) is 0. The van der Waals surface area contributed by atoms with Crippen LogP contribution in [-0.2, 0) is 5.41 Å². The second-order valence-corrected chi connectivity index (χ2v) is 9.07. The van der Waals surface area contributed by atoms with E-state index >= 15 is 0 Å². The third-order valence-corrected chi connectivity index (χ3v) is 7.26. The summed E-state index contributed by atoms with van der Waals surface area (Å²) in [4.78, 5) is 0. The first-order valence-electron chi connectivity index (χ1n) is 11.1. The van der Waals surface area contributed by atoms with Crippen LogP contribution in [-0.4, -0.2) is 0 Å². The Morgan fingerprint density at radius 3 is 1.91 bits per heavy atom. The summed E-state index contributed by atoms with van der Waals surface area (Å²) in [7, 11) is 0. The lowest BCUT2D eigenvalue weighted by Crippen LogP contribution is -2.28. The largest absolute Gasteiger partial charge is 0.456 e. The predicted octanol–water partition coefficient (Wildman–Crippen LogP) is 8.60. The van der Waals surface area contributed by atoms with Crippen LogP contribution in [0, 0.1) is 0 Å². The Labute approximate surface area is 196 Å². The molecule has 0 radical (unpaired) electrons. The van der Waals surface area contributed by atoms with Gasteiger partial charge in [-0.15, -0.1) is 0 Å². The summed E-state index contributed by atoms with van der Waals surface area (Å²) in [6.07, 6.45) is 0. The first-order valence-corrected chi connectivity index (χ1v) is 11.5. The molecule has 0 saturated carbocycles. The normalized spacial score (nSPS) is 13.8. The number of hydrogen-bond donors (Lipinski definition) is 0. The molecule has 1 aromatic heterocycles. The smallest absolute Gasteiger partial charge is 0.140 e. The lowest BCUT2D eigenvalue weighted by atomic mass is 9.67. The van der Waals surface area contributed by atoms with Crippen molar-refractivity contribution in [2.45, 2.75) is 5.41 Å². The van der Waals surface area contributed by atoms with E-state index in [2.05, 4.69) is 97.1 Å². The van der Waals surface area contributed by atoms with Gasteiger partial charge < -0.3 is 4.42 Å². The van der Waals surface area contributed by atoms with Gasteiger partial charge in [0.2, 0.25) is 0 Å². The average molecular weight is 443 g/mol. The fourth-order valence-electron chi connectivity index (χ4n) is 5.75. The van der Waals surface area contributed by atoms with Crippen LogP contribution in [0.3, 0.4) is 0 Å². The maximum atomic E-state index is 6.57. The summed E-state index contributed by atoms with van der Waals surface area (Å²) < 4.78 is 6.57. The Balaban J connectivity index is 1.70. The SMILES string of the molecule is Clc1ccc2oc3c(C4(c5ccccc5)c5ccccc5-c5ccccc54)cccc3c2c1. The Hall–Kier alpha value is -3.81. The summed E-state index contributed by atoms with van der Waals surface area (Å²) in [5.41, 5.74) is 8.76. The maximum absolute atomic E-state index is 6.57. The van der Waals surface area contributed by atoms with Crippen LogP contribution >= 0.6 is 11.6 Å². The minimum absolute atomic E-state index is 0.481. The zero-order chi connectivity index (χ0) is 22.0. The quantitative estimate of drug-likeness (QED) is 0.261. The molecule has 0 atom stereocenters. The molecular weight excluding hydrogens is 424 g/mol. The van der Waals surface area contributed by atoms with Gasteiger partial charge >= 0.3 is 0 Å². The Morgan fingerprint density at radius 2 is 1.18 bits per heavy atom. The molecule has 6 aromatic rings. The number of benzene rings is 5. The number of para-hydroxylation sites is 1. The second kappa shape index (κ2) is 6.84. The predicted molar refractivity (Wildman–Crippen MR) is 136 cm³/mol. The molecule has 1 heterocycles. The molecule has 2 heteroatoms. The van der Waals surface area contributed by atoms with Gasteiger partial charge in [0.1, 0.15) is 11.2 Å². The van der Waals surface area contributed by atoms with Crippen LogP contribution in [0.2, 0.25) is 5.02 Å². The number of halogens is 1. The molecule has 0 unspecified atom stereocenters. The highest BCUT2D eigenvalue weighted by atomic mass is 35.5. The van der Waals surface area contributed by atoms with Gasteiger partial charge in [-0.2, -0.15) is 0 Å². The van der Waals surface area contributed by atoms with E-state index in [4.69, 9.17) is 16.0 Å². The van der Waals surface area contributed by atoms with Crippen molar-refractivity contribution in [1.82, 2.24) is 0 Å². The molecular formula is C31H19ClO. The Kier molecular flexibility index (Phi) is 3.88. The van der Waals surface area contributed by atoms with Gasteiger partial charge in [0.05, 0.1) is 5.41 Å². The minimum atomic E-state index is -0.481. The van der Waals surface area contributed by atoms with E-state index in [0.717, 1.165) is 27.5 Å². The van der Waals surface area contributed by atoms with Crippen molar-refractivity contribution in [2.75, 3.05) is 0 Å². The van der Waals surface area contributed by atoms with E-state index in [1.54, 1.807) is 0 Å². The van der Waals surface area contributed by atoms with E-state index < -0.39 is 5.41 Å². The standard InChI is InChI=1S/C31H19ClO/c32-21-17-18-29-25(19-21)24-13-8-16-28(30(24)33-29)31(20-9-2-1-3-10-20)26-14-6-4-11-22(26)23-12-5-7-15-27(23)31/h1-19H. The summed E-state index contributed by atoms with van der Waals surface area (Å²) in [5, 5.41) is 2.84.